The van der Waals surface area contributed by atoms with E-state index in [2.05, 4.69) is 13.8 Å². The number of hydrogen-bond donors (Lipinski definition) is 1. The number of hydrogen-bond acceptors (Lipinski definition) is 2. The zero-order valence-electron chi connectivity index (χ0n) is 9.51. The van der Waals surface area contributed by atoms with E-state index in [9.17, 15) is 0 Å². The standard InChI is InChI=1S/C12H18ClNO/c1-8(4-5-14)10-7-11(13)12(15-3)6-9(10)2/h6-8H,4-5,14H2,1-3H3. The first-order valence-corrected chi connectivity index (χ1v) is 5.52. The van der Waals surface area contributed by atoms with Gasteiger partial charge in [0.2, 0.25) is 0 Å². The van der Waals surface area contributed by atoms with Gasteiger partial charge in [0, 0.05) is 0 Å². The van der Waals surface area contributed by atoms with Gasteiger partial charge in [-0.3, -0.25) is 0 Å². The highest BCUT2D eigenvalue weighted by atomic mass is 35.5. The van der Waals surface area contributed by atoms with Gasteiger partial charge in [0.05, 0.1) is 12.1 Å². The van der Waals surface area contributed by atoms with Crippen LogP contribution >= 0.6 is 11.6 Å². The van der Waals surface area contributed by atoms with Crippen molar-refractivity contribution in [3.8, 4) is 5.75 Å². The zero-order chi connectivity index (χ0) is 11.4. The minimum Gasteiger partial charge on any atom is -0.495 e. The Morgan fingerprint density at radius 3 is 2.67 bits per heavy atom. The lowest BCUT2D eigenvalue weighted by molar-refractivity contribution is 0.414. The van der Waals surface area contributed by atoms with Crippen LogP contribution in [0.25, 0.3) is 0 Å². The molecule has 0 saturated heterocycles. The van der Waals surface area contributed by atoms with Crippen molar-refractivity contribution in [3.05, 3.63) is 28.3 Å². The first-order chi connectivity index (χ1) is 7.10. The molecule has 3 heteroatoms. The monoisotopic (exact) mass is 227 g/mol. The Morgan fingerprint density at radius 1 is 1.47 bits per heavy atom. The molecule has 0 aliphatic carbocycles. The molecule has 15 heavy (non-hydrogen) atoms. The SMILES string of the molecule is COc1cc(C)c(C(C)CCN)cc1Cl. The van der Waals surface area contributed by atoms with Crippen LogP contribution in [0.15, 0.2) is 12.1 Å². The fraction of sp³-hybridized carbons (Fsp3) is 0.500. The lowest BCUT2D eigenvalue weighted by Crippen LogP contribution is -2.06. The smallest absolute Gasteiger partial charge is 0.137 e. The highest BCUT2D eigenvalue weighted by molar-refractivity contribution is 6.32. The van der Waals surface area contributed by atoms with E-state index in [0.717, 1.165) is 12.2 Å². The van der Waals surface area contributed by atoms with Gasteiger partial charge in [0.15, 0.2) is 0 Å². The molecule has 1 aromatic carbocycles. The quantitative estimate of drug-likeness (QED) is 0.858. The van der Waals surface area contributed by atoms with Crippen molar-refractivity contribution in [1.82, 2.24) is 0 Å². The number of nitrogens with two attached hydrogens (primary N) is 1. The minimum absolute atomic E-state index is 0.443. The summed E-state index contributed by atoms with van der Waals surface area (Å²) >= 11 is 6.09. The second kappa shape index (κ2) is 5.38. The maximum atomic E-state index is 6.09. The van der Waals surface area contributed by atoms with Crippen LogP contribution in [0.1, 0.15) is 30.4 Å². The first-order valence-electron chi connectivity index (χ1n) is 5.14. The molecular formula is C12H18ClNO. The average Bonchev–Trinajstić information content (AvgIpc) is 2.21. The summed E-state index contributed by atoms with van der Waals surface area (Å²) in [5.74, 6) is 1.18. The Bertz CT molecular complexity index is 339. The highest BCUT2D eigenvalue weighted by Crippen LogP contribution is 2.32. The third-order valence-electron chi connectivity index (χ3n) is 2.67. The summed E-state index contributed by atoms with van der Waals surface area (Å²) in [7, 11) is 1.63. The van der Waals surface area contributed by atoms with Crippen LogP contribution in [0, 0.1) is 6.92 Å². The van der Waals surface area contributed by atoms with E-state index in [1.54, 1.807) is 7.11 Å². The van der Waals surface area contributed by atoms with Crippen molar-refractivity contribution in [2.45, 2.75) is 26.2 Å². The lowest BCUT2D eigenvalue weighted by atomic mass is 9.93. The Morgan fingerprint density at radius 2 is 2.13 bits per heavy atom. The molecule has 2 nitrogen and oxygen atoms in total. The summed E-state index contributed by atoms with van der Waals surface area (Å²) in [4.78, 5) is 0. The van der Waals surface area contributed by atoms with Crippen LogP contribution < -0.4 is 10.5 Å². The molecule has 0 aromatic heterocycles. The van der Waals surface area contributed by atoms with Crippen LogP contribution in [0.4, 0.5) is 0 Å². The molecule has 0 amide bonds. The van der Waals surface area contributed by atoms with Gasteiger partial charge in [0.25, 0.3) is 0 Å². The van der Waals surface area contributed by atoms with Crippen molar-refractivity contribution in [3.63, 3.8) is 0 Å². The van der Waals surface area contributed by atoms with Crippen LogP contribution in [-0.4, -0.2) is 13.7 Å². The second-order valence-electron chi connectivity index (χ2n) is 3.82. The predicted octanol–water partition coefficient (Wildman–Crippen LogP) is 3.11. The highest BCUT2D eigenvalue weighted by Gasteiger charge is 2.11. The molecule has 1 rings (SSSR count). The maximum absolute atomic E-state index is 6.09. The maximum Gasteiger partial charge on any atom is 0.137 e. The van der Waals surface area contributed by atoms with Gasteiger partial charge in [-0.15, -0.1) is 0 Å². The Labute approximate surface area is 96.4 Å². The third-order valence-corrected chi connectivity index (χ3v) is 2.97. The number of methoxy groups -OCH3 is 1. The summed E-state index contributed by atoms with van der Waals surface area (Å²) in [5.41, 5.74) is 8.01. The Balaban J connectivity index is 3.04. The largest absolute Gasteiger partial charge is 0.495 e. The van der Waals surface area contributed by atoms with E-state index in [4.69, 9.17) is 22.1 Å². The van der Waals surface area contributed by atoms with E-state index < -0.39 is 0 Å². The van der Waals surface area contributed by atoms with Gasteiger partial charge in [-0.05, 0) is 49.1 Å². The molecule has 0 aliphatic rings. The minimum atomic E-state index is 0.443. The van der Waals surface area contributed by atoms with E-state index in [-0.39, 0.29) is 0 Å². The van der Waals surface area contributed by atoms with E-state index in [0.29, 0.717) is 17.5 Å². The van der Waals surface area contributed by atoms with Crippen molar-refractivity contribution in [1.29, 1.82) is 0 Å². The van der Waals surface area contributed by atoms with Gasteiger partial charge in [0.1, 0.15) is 5.75 Å². The Kier molecular flexibility index (Phi) is 4.43. The fourth-order valence-corrected chi connectivity index (χ4v) is 2.01. The van der Waals surface area contributed by atoms with Gasteiger partial charge in [-0.1, -0.05) is 18.5 Å². The molecule has 0 heterocycles. The van der Waals surface area contributed by atoms with Crippen LogP contribution in [0.3, 0.4) is 0 Å². The molecule has 2 N–H and O–H groups in total. The van der Waals surface area contributed by atoms with Crippen LogP contribution in [0.2, 0.25) is 5.02 Å². The first kappa shape index (κ1) is 12.3. The zero-order valence-corrected chi connectivity index (χ0v) is 10.3. The third kappa shape index (κ3) is 2.86. The molecule has 1 unspecified atom stereocenters. The van der Waals surface area contributed by atoms with Gasteiger partial charge >= 0.3 is 0 Å². The Hall–Kier alpha value is -0.730. The van der Waals surface area contributed by atoms with Gasteiger partial charge in [-0.25, -0.2) is 0 Å². The molecule has 1 atom stereocenters. The van der Waals surface area contributed by atoms with E-state index >= 15 is 0 Å². The number of aryl methyl sites for hydroxylation is 1. The van der Waals surface area contributed by atoms with Crippen molar-refractivity contribution in [2.75, 3.05) is 13.7 Å². The molecule has 0 fully saturated rings. The molecule has 0 aliphatic heterocycles. The predicted molar refractivity (Wildman–Crippen MR) is 64.8 cm³/mol. The van der Waals surface area contributed by atoms with Crippen LogP contribution in [-0.2, 0) is 0 Å². The molecule has 0 bridgehead atoms. The normalized spacial score (nSPS) is 12.6. The van der Waals surface area contributed by atoms with Crippen LogP contribution in [0.5, 0.6) is 5.75 Å². The molecule has 84 valence electrons. The number of benzene rings is 1. The van der Waals surface area contributed by atoms with Crippen molar-refractivity contribution in [2.24, 2.45) is 5.73 Å². The average molecular weight is 228 g/mol. The topological polar surface area (TPSA) is 35.2 Å². The van der Waals surface area contributed by atoms with Crippen molar-refractivity contribution < 1.29 is 4.74 Å². The van der Waals surface area contributed by atoms with Crippen molar-refractivity contribution >= 4 is 11.6 Å². The van der Waals surface area contributed by atoms with E-state index in [1.165, 1.54) is 11.1 Å². The molecule has 0 saturated carbocycles. The molecule has 0 radical (unpaired) electrons. The molecule has 0 spiro atoms. The van der Waals surface area contributed by atoms with E-state index in [1.807, 2.05) is 12.1 Å². The van der Waals surface area contributed by atoms with Gasteiger partial charge < -0.3 is 10.5 Å². The number of ether oxygens (including phenoxy) is 1. The summed E-state index contributed by atoms with van der Waals surface area (Å²) in [6, 6.07) is 3.96. The summed E-state index contributed by atoms with van der Waals surface area (Å²) < 4.78 is 5.16. The summed E-state index contributed by atoms with van der Waals surface area (Å²) in [6.45, 7) is 4.93. The summed E-state index contributed by atoms with van der Waals surface area (Å²) in [5, 5.41) is 0.668. The fourth-order valence-electron chi connectivity index (χ4n) is 1.76. The summed E-state index contributed by atoms with van der Waals surface area (Å²) in [6.07, 6.45) is 0.976. The lowest BCUT2D eigenvalue weighted by Gasteiger charge is -2.15. The number of halogens is 1. The molecular weight excluding hydrogens is 210 g/mol. The van der Waals surface area contributed by atoms with Gasteiger partial charge in [-0.2, -0.15) is 0 Å². The molecule has 1 aromatic rings. The second-order valence-corrected chi connectivity index (χ2v) is 4.23. The number of rotatable bonds is 4.